The fraction of sp³-hybridized carbons (Fsp3) is 0.333. The van der Waals surface area contributed by atoms with Crippen molar-refractivity contribution in [1.82, 2.24) is 5.32 Å². The highest BCUT2D eigenvalue weighted by Gasteiger charge is 2.08. The van der Waals surface area contributed by atoms with Crippen molar-refractivity contribution in [2.24, 2.45) is 0 Å². The first-order valence-corrected chi connectivity index (χ1v) is 6.69. The number of phenols is 1. The molecule has 0 fully saturated rings. The zero-order chi connectivity index (χ0) is 15.5. The van der Waals surface area contributed by atoms with Gasteiger partial charge in [-0.05, 0) is 25.5 Å². The minimum absolute atomic E-state index is 0.0446. The summed E-state index contributed by atoms with van der Waals surface area (Å²) in [6.07, 6.45) is 1.96. The number of anilines is 1. The molecule has 0 spiro atoms. The molecule has 0 aliphatic heterocycles. The molecule has 1 aromatic rings. The molecular formula is C15H19N3O3. The van der Waals surface area contributed by atoms with Gasteiger partial charge in [0.2, 0.25) is 0 Å². The summed E-state index contributed by atoms with van der Waals surface area (Å²) in [7, 11) is 0. The fourth-order valence-corrected chi connectivity index (χ4v) is 1.51. The Morgan fingerprint density at radius 2 is 2.24 bits per heavy atom. The van der Waals surface area contributed by atoms with Crippen molar-refractivity contribution in [3.05, 3.63) is 36.0 Å². The molecule has 0 aromatic heterocycles. The van der Waals surface area contributed by atoms with Gasteiger partial charge in [-0.2, -0.15) is 5.26 Å². The third-order valence-corrected chi connectivity index (χ3v) is 2.60. The van der Waals surface area contributed by atoms with Gasteiger partial charge in [-0.25, -0.2) is 0 Å². The topological polar surface area (TPSA) is 94.4 Å². The Hall–Kier alpha value is -2.52. The number of hydrogen-bond acceptors (Lipinski definition) is 5. The number of aromatic hydroxyl groups is 1. The van der Waals surface area contributed by atoms with Crippen LogP contribution in [0.25, 0.3) is 0 Å². The van der Waals surface area contributed by atoms with Gasteiger partial charge in [0.05, 0.1) is 5.69 Å². The lowest BCUT2D eigenvalue weighted by atomic mass is 10.2. The average Bonchev–Trinajstić information content (AvgIpc) is 2.49. The maximum Gasteiger partial charge on any atom is 0.263 e. The van der Waals surface area contributed by atoms with Crippen LogP contribution < -0.4 is 10.6 Å². The number of para-hydroxylation sites is 2. The van der Waals surface area contributed by atoms with Gasteiger partial charge < -0.3 is 20.5 Å². The highest BCUT2D eigenvalue weighted by atomic mass is 16.5. The Morgan fingerprint density at radius 1 is 1.48 bits per heavy atom. The first kappa shape index (κ1) is 16.5. The summed E-state index contributed by atoms with van der Waals surface area (Å²) in [4.78, 5) is 11.8. The number of amides is 1. The Bertz CT molecular complexity index is 535. The number of nitriles is 1. The molecule has 0 aliphatic rings. The SMILES string of the molecule is CCOCCCNC(=O)/C(C#N)=C\Nc1ccccc1O. The second-order valence-electron chi connectivity index (χ2n) is 4.14. The molecule has 0 saturated heterocycles. The van der Waals surface area contributed by atoms with Crippen molar-refractivity contribution in [2.45, 2.75) is 13.3 Å². The van der Waals surface area contributed by atoms with Gasteiger partial charge in [-0.3, -0.25) is 4.79 Å². The van der Waals surface area contributed by atoms with Crippen LogP contribution in [-0.4, -0.2) is 30.8 Å². The van der Waals surface area contributed by atoms with E-state index in [1.165, 1.54) is 12.3 Å². The van der Waals surface area contributed by atoms with Crippen molar-refractivity contribution >= 4 is 11.6 Å². The molecule has 112 valence electrons. The molecule has 1 aromatic carbocycles. The minimum Gasteiger partial charge on any atom is -0.506 e. The molecule has 0 unspecified atom stereocenters. The summed E-state index contributed by atoms with van der Waals surface area (Å²) in [5.74, 6) is -0.417. The van der Waals surface area contributed by atoms with Crippen LogP contribution in [0.5, 0.6) is 5.75 Å². The van der Waals surface area contributed by atoms with Crippen molar-refractivity contribution in [3.63, 3.8) is 0 Å². The van der Waals surface area contributed by atoms with E-state index in [2.05, 4.69) is 10.6 Å². The quantitative estimate of drug-likeness (QED) is 0.293. The predicted octanol–water partition coefficient (Wildman–Crippen LogP) is 1.75. The van der Waals surface area contributed by atoms with Crippen LogP contribution >= 0.6 is 0 Å². The average molecular weight is 289 g/mol. The molecule has 1 rings (SSSR count). The second-order valence-corrected chi connectivity index (χ2v) is 4.14. The van der Waals surface area contributed by atoms with Gasteiger partial charge in [0, 0.05) is 26.0 Å². The second kappa shape index (κ2) is 9.39. The van der Waals surface area contributed by atoms with Crippen LogP contribution in [0.1, 0.15) is 13.3 Å². The van der Waals surface area contributed by atoms with Gasteiger partial charge in [0.15, 0.2) is 0 Å². The lowest BCUT2D eigenvalue weighted by molar-refractivity contribution is -0.117. The number of nitrogens with zero attached hydrogens (tertiary/aromatic N) is 1. The van der Waals surface area contributed by atoms with Crippen molar-refractivity contribution < 1.29 is 14.6 Å². The Balaban J connectivity index is 2.50. The third-order valence-electron chi connectivity index (χ3n) is 2.60. The summed E-state index contributed by atoms with van der Waals surface area (Å²) < 4.78 is 5.15. The lowest BCUT2D eigenvalue weighted by Crippen LogP contribution is -2.26. The van der Waals surface area contributed by atoms with E-state index in [9.17, 15) is 9.90 Å². The molecule has 0 atom stereocenters. The van der Waals surface area contributed by atoms with Crippen LogP contribution in [-0.2, 0) is 9.53 Å². The van der Waals surface area contributed by atoms with Crippen LogP contribution in [0.4, 0.5) is 5.69 Å². The van der Waals surface area contributed by atoms with Crippen LogP contribution in [0.3, 0.4) is 0 Å². The standard InChI is InChI=1S/C15H19N3O3/c1-2-21-9-5-8-17-15(20)12(10-16)11-18-13-6-3-4-7-14(13)19/h3-4,6-7,11,18-19H,2,5,8-9H2,1H3,(H,17,20)/b12-11-. The van der Waals surface area contributed by atoms with Crippen molar-refractivity contribution in [1.29, 1.82) is 5.26 Å². The highest BCUT2D eigenvalue weighted by Crippen LogP contribution is 2.21. The van der Waals surface area contributed by atoms with E-state index >= 15 is 0 Å². The fourth-order valence-electron chi connectivity index (χ4n) is 1.51. The number of carbonyl (C=O) groups is 1. The third kappa shape index (κ3) is 5.97. The van der Waals surface area contributed by atoms with Crippen molar-refractivity contribution in [2.75, 3.05) is 25.1 Å². The molecule has 6 nitrogen and oxygen atoms in total. The van der Waals surface area contributed by atoms with Gasteiger partial charge in [0.25, 0.3) is 5.91 Å². The number of ether oxygens (including phenoxy) is 1. The largest absolute Gasteiger partial charge is 0.506 e. The van der Waals surface area contributed by atoms with Crippen LogP contribution in [0.15, 0.2) is 36.0 Å². The predicted molar refractivity (Wildman–Crippen MR) is 79.5 cm³/mol. The smallest absolute Gasteiger partial charge is 0.263 e. The zero-order valence-corrected chi connectivity index (χ0v) is 11.9. The van der Waals surface area contributed by atoms with Gasteiger partial charge in [0.1, 0.15) is 17.4 Å². The molecule has 6 heteroatoms. The molecule has 0 bridgehead atoms. The monoisotopic (exact) mass is 289 g/mol. The van der Waals surface area contributed by atoms with E-state index in [-0.39, 0.29) is 11.3 Å². The van der Waals surface area contributed by atoms with E-state index in [1.807, 2.05) is 13.0 Å². The summed E-state index contributed by atoms with van der Waals surface area (Å²) >= 11 is 0. The van der Waals surface area contributed by atoms with Gasteiger partial charge >= 0.3 is 0 Å². The summed E-state index contributed by atoms with van der Waals surface area (Å²) in [6.45, 7) is 3.55. The number of benzene rings is 1. The van der Waals surface area contributed by atoms with E-state index in [0.29, 0.717) is 31.9 Å². The minimum atomic E-state index is -0.461. The molecule has 0 saturated carbocycles. The Labute approximate surface area is 124 Å². The summed E-state index contributed by atoms with van der Waals surface area (Å²) in [5.41, 5.74) is 0.365. The zero-order valence-electron chi connectivity index (χ0n) is 11.9. The van der Waals surface area contributed by atoms with Gasteiger partial charge in [-0.15, -0.1) is 0 Å². The van der Waals surface area contributed by atoms with E-state index in [0.717, 1.165) is 0 Å². The molecule has 1 amide bonds. The number of hydrogen-bond donors (Lipinski definition) is 3. The summed E-state index contributed by atoms with van der Waals surface area (Å²) in [5, 5.41) is 23.9. The normalized spacial score (nSPS) is 10.8. The molecule has 0 heterocycles. The van der Waals surface area contributed by atoms with Crippen molar-refractivity contribution in [3.8, 4) is 11.8 Å². The molecule has 21 heavy (non-hydrogen) atoms. The maximum atomic E-state index is 11.8. The van der Waals surface area contributed by atoms with Crippen LogP contribution in [0, 0.1) is 11.3 Å². The number of phenolic OH excluding ortho intramolecular Hbond substituents is 1. The molecule has 0 radical (unpaired) electrons. The first-order valence-electron chi connectivity index (χ1n) is 6.69. The number of nitrogens with one attached hydrogen (secondary N) is 2. The Kier molecular flexibility index (Phi) is 7.40. The highest BCUT2D eigenvalue weighted by molar-refractivity contribution is 5.97. The lowest BCUT2D eigenvalue weighted by Gasteiger charge is -2.06. The van der Waals surface area contributed by atoms with Gasteiger partial charge in [-0.1, -0.05) is 12.1 Å². The van der Waals surface area contributed by atoms with E-state index in [4.69, 9.17) is 10.00 Å². The molecular weight excluding hydrogens is 270 g/mol. The Morgan fingerprint density at radius 3 is 2.90 bits per heavy atom. The van der Waals surface area contributed by atoms with E-state index in [1.54, 1.807) is 18.2 Å². The maximum absolute atomic E-state index is 11.8. The number of rotatable bonds is 8. The summed E-state index contributed by atoms with van der Waals surface area (Å²) in [6, 6.07) is 8.38. The van der Waals surface area contributed by atoms with Crippen LogP contribution in [0.2, 0.25) is 0 Å². The molecule has 3 N–H and O–H groups in total. The number of carbonyl (C=O) groups excluding carboxylic acids is 1. The first-order chi connectivity index (χ1) is 10.2. The molecule has 0 aliphatic carbocycles. The van der Waals surface area contributed by atoms with E-state index < -0.39 is 5.91 Å².